The molecule has 1 atom stereocenters. The Labute approximate surface area is 110 Å². The number of benzene rings is 1. The molecule has 0 amide bonds. The number of aliphatic hydroxyl groups is 1. The zero-order valence-corrected chi connectivity index (χ0v) is 10.8. The Morgan fingerprint density at radius 3 is 2.95 bits per heavy atom. The third-order valence-electron chi connectivity index (χ3n) is 3.60. The molecule has 5 heteroatoms. The zero-order chi connectivity index (χ0) is 13.4. The van der Waals surface area contributed by atoms with E-state index in [-0.39, 0.29) is 18.3 Å². The Hall–Kier alpha value is -1.75. The van der Waals surface area contributed by atoms with Crippen molar-refractivity contribution in [3.63, 3.8) is 0 Å². The minimum absolute atomic E-state index is 0.166. The van der Waals surface area contributed by atoms with Gasteiger partial charge in [-0.15, -0.1) is 10.2 Å². The van der Waals surface area contributed by atoms with Gasteiger partial charge in [0.05, 0.1) is 0 Å². The first-order valence-electron chi connectivity index (χ1n) is 6.48. The minimum atomic E-state index is -0.262. The Kier molecular flexibility index (Phi) is 3.06. The van der Waals surface area contributed by atoms with Gasteiger partial charge in [-0.05, 0) is 37.1 Å². The van der Waals surface area contributed by atoms with Crippen LogP contribution >= 0.6 is 0 Å². The van der Waals surface area contributed by atoms with E-state index in [9.17, 15) is 9.50 Å². The van der Waals surface area contributed by atoms with Gasteiger partial charge in [-0.2, -0.15) is 0 Å². The van der Waals surface area contributed by atoms with Gasteiger partial charge in [-0.25, -0.2) is 4.39 Å². The van der Waals surface area contributed by atoms with Crippen LogP contribution in [0.2, 0.25) is 0 Å². The van der Waals surface area contributed by atoms with Gasteiger partial charge in [0.15, 0.2) is 5.82 Å². The van der Waals surface area contributed by atoms with E-state index in [0.29, 0.717) is 12.4 Å². The molecule has 0 bridgehead atoms. The van der Waals surface area contributed by atoms with Gasteiger partial charge in [0.1, 0.15) is 11.6 Å². The van der Waals surface area contributed by atoms with Crippen molar-refractivity contribution < 1.29 is 9.50 Å². The molecule has 1 unspecified atom stereocenters. The van der Waals surface area contributed by atoms with E-state index in [1.165, 1.54) is 12.1 Å². The molecule has 0 saturated carbocycles. The average Bonchev–Trinajstić information content (AvgIpc) is 2.80. The lowest BCUT2D eigenvalue weighted by atomic mass is 10.00. The Balaban J connectivity index is 2.04. The summed E-state index contributed by atoms with van der Waals surface area (Å²) >= 11 is 0. The first-order chi connectivity index (χ1) is 9.17. The lowest BCUT2D eigenvalue weighted by Gasteiger charge is -2.22. The Bertz CT molecular complexity index is 588. The van der Waals surface area contributed by atoms with Crippen molar-refractivity contribution in [3.8, 4) is 11.4 Å². The van der Waals surface area contributed by atoms with Crippen LogP contribution in [0.4, 0.5) is 4.39 Å². The molecule has 0 aliphatic carbocycles. The number of aromatic nitrogens is 3. The first kappa shape index (κ1) is 12.3. The van der Waals surface area contributed by atoms with Gasteiger partial charge in [0.25, 0.3) is 0 Å². The highest BCUT2D eigenvalue weighted by Gasteiger charge is 2.23. The van der Waals surface area contributed by atoms with Crippen LogP contribution in [-0.2, 0) is 13.0 Å². The molecule has 100 valence electrons. The van der Waals surface area contributed by atoms with E-state index in [4.69, 9.17) is 0 Å². The zero-order valence-electron chi connectivity index (χ0n) is 10.8. The van der Waals surface area contributed by atoms with Crippen LogP contribution < -0.4 is 0 Å². The average molecular weight is 261 g/mol. The van der Waals surface area contributed by atoms with E-state index in [0.717, 1.165) is 29.8 Å². The van der Waals surface area contributed by atoms with Crippen LogP contribution in [0, 0.1) is 18.7 Å². The van der Waals surface area contributed by atoms with Crippen molar-refractivity contribution in [3.05, 3.63) is 35.4 Å². The predicted octanol–water partition coefficient (Wildman–Crippen LogP) is 1.95. The maximum absolute atomic E-state index is 13.5. The van der Waals surface area contributed by atoms with Crippen LogP contribution in [0.5, 0.6) is 0 Å². The van der Waals surface area contributed by atoms with Gasteiger partial charge >= 0.3 is 0 Å². The maximum atomic E-state index is 13.5. The highest BCUT2D eigenvalue weighted by Crippen LogP contribution is 2.26. The molecule has 4 nitrogen and oxygen atoms in total. The molecule has 0 spiro atoms. The molecule has 1 aromatic carbocycles. The van der Waals surface area contributed by atoms with Crippen molar-refractivity contribution >= 4 is 0 Å². The fraction of sp³-hybridized carbons (Fsp3) is 0.429. The van der Waals surface area contributed by atoms with Crippen LogP contribution in [-0.4, -0.2) is 26.5 Å². The third-order valence-corrected chi connectivity index (χ3v) is 3.60. The summed E-state index contributed by atoms with van der Waals surface area (Å²) < 4.78 is 15.5. The van der Waals surface area contributed by atoms with Crippen LogP contribution in [0.25, 0.3) is 11.4 Å². The summed E-state index contributed by atoms with van der Waals surface area (Å²) in [5.74, 6) is 1.58. The van der Waals surface area contributed by atoms with Gasteiger partial charge in [0.2, 0.25) is 0 Å². The molecule has 1 N–H and O–H groups in total. The third kappa shape index (κ3) is 2.26. The highest BCUT2D eigenvalue weighted by molar-refractivity contribution is 5.57. The molecular formula is C14H16FN3O. The second kappa shape index (κ2) is 4.74. The molecule has 0 radical (unpaired) electrons. The summed E-state index contributed by atoms with van der Waals surface area (Å²) in [6.45, 7) is 2.72. The maximum Gasteiger partial charge on any atom is 0.164 e. The van der Waals surface area contributed by atoms with E-state index in [2.05, 4.69) is 10.2 Å². The summed E-state index contributed by atoms with van der Waals surface area (Å²) in [6, 6.07) is 4.88. The summed E-state index contributed by atoms with van der Waals surface area (Å²) in [7, 11) is 0. The quantitative estimate of drug-likeness (QED) is 0.899. The van der Waals surface area contributed by atoms with Crippen LogP contribution in [0.1, 0.15) is 17.8 Å². The number of hydrogen-bond donors (Lipinski definition) is 1. The summed E-state index contributed by atoms with van der Waals surface area (Å²) in [6.07, 6.45) is 1.74. The largest absolute Gasteiger partial charge is 0.396 e. The normalized spacial score (nSPS) is 18.4. The molecule has 1 aliphatic heterocycles. The van der Waals surface area contributed by atoms with E-state index in [1.807, 2.05) is 17.6 Å². The number of nitrogens with zero attached hydrogens (tertiary/aromatic N) is 3. The molecule has 2 aromatic rings. The molecule has 2 heterocycles. The number of aryl methyl sites for hydroxylation is 2. The molecule has 3 rings (SSSR count). The highest BCUT2D eigenvalue weighted by atomic mass is 19.1. The monoisotopic (exact) mass is 261 g/mol. The fourth-order valence-corrected chi connectivity index (χ4v) is 2.62. The van der Waals surface area contributed by atoms with Crippen molar-refractivity contribution in [1.82, 2.24) is 14.8 Å². The molecule has 0 saturated heterocycles. The second-order valence-electron chi connectivity index (χ2n) is 5.15. The smallest absolute Gasteiger partial charge is 0.164 e. The van der Waals surface area contributed by atoms with Crippen LogP contribution in [0.15, 0.2) is 18.2 Å². The standard InChI is InChI=1S/C14H16FN3O/c1-9-4-11(6-12(15)5-9)14-17-16-13-3-2-10(8-19)7-18(13)14/h4-6,10,19H,2-3,7-8H2,1H3. The van der Waals surface area contributed by atoms with E-state index in [1.54, 1.807) is 0 Å². The van der Waals surface area contributed by atoms with Gasteiger partial charge in [-0.3, -0.25) is 0 Å². The lowest BCUT2D eigenvalue weighted by Crippen LogP contribution is -2.23. The molecule has 0 fully saturated rings. The fourth-order valence-electron chi connectivity index (χ4n) is 2.62. The first-order valence-corrected chi connectivity index (χ1v) is 6.48. The second-order valence-corrected chi connectivity index (χ2v) is 5.15. The van der Waals surface area contributed by atoms with Crippen molar-refractivity contribution in [2.45, 2.75) is 26.3 Å². The van der Waals surface area contributed by atoms with Gasteiger partial charge < -0.3 is 9.67 Å². The molecular weight excluding hydrogens is 245 g/mol. The lowest BCUT2D eigenvalue weighted by molar-refractivity contribution is 0.191. The number of fused-ring (bicyclic) bond motifs is 1. The number of aliphatic hydroxyl groups excluding tert-OH is 1. The predicted molar refractivity (Wildman–Crippen MR) is 69.0 cm³/mol. The van der Waals surface area contributed by atoms with Gasteiger partial charge in [-0.1, -0.05) is 0 Å². The molecule has 1 aromatic heterocycles. The van der Waals surface area contributed by atoms with Crippen molar-refractivity contribution in [2.24, 2.45) is 5.92 Å². The topological polar surface area (TPSA) is 50.9 Å². The number of halogens is 1. The van der Waals surface area contributed by atoms with E-state index >= 15 is 0 Å². The van der Waals surface area contributed by atoms with Crippen LogP contribution in [0.3, 0.4) is 0 Å². The summed E-state index contributed by atoms with van der Waals surface area (Å²) in [5, 5.41) is 17.6. The Morgan fingerprint density at radius 1 is 1.37 bits per heavy atom. The molecule has 19 heavy (non-hydrogen) atoms. The number of hydrogen-bond acceptors (Lipinski definition) is 3. The Morgan fingerprint density at radius 2 is 2.21 bits per heavy atom. The summed E-state index contributed by atoms with van der Waals surface area (Å²) in [4.78, 5) is 0. The summed E-state index contributed by atoms with van der Waals surface area (Å²) in [5.41, 5.74) is 1.61. The van der Waals surface area contributed by atoms with Crippen molar-refractivity contribution in [1.29, 1.82) is 0 Å². The SMILES string of the molecule is Cc1cc(F)cc(-c2nnc3n2CC(CO)CC3)c1. The van der Waals surface area contributed by atoms with Crippen molar-refractivity contribution in [2.75, 3.05) is 6.61 Å². The minimum Gasteiger partial charge on any atom is -0.396 e. The van der Waals surface area contributed by atoms with E-state index < -0.39 is 0 Å². The molecule has 1 aliphatic rings. The number of rotatable bonds is 2. The van der Waals surface area contributed by atoms with Gasteiger partial charge in [0, 0.05) is 31.1 Å².